The molecule has 1 amide bonds. The van der Waals surface area contributed by atoms with E-state index >= 15 is 0 Å². The first-order valence-corrected chi connectivity index (χ1v) is 11.8. The molecule has 2 aromatic heterocycles. The van der Waals surface area contributed by atoms with E-state index in [1.807, 2.05) is 0 Å². The van der Waals surface area contributed by atoms with E-state index < -0.39 is 53.1 Å². The van der Waals surface area contributed by atoms with Gasteiger partial charge in [0.25, 0.3) is 5.91 Å². The van der Waals surface area contributed by atoms with Crippen LogP contribution in [0.4, 0.5) is 27.6 Å². The fraction of sp³-hybridized carbons (Fsp3) is 0.370. The SMILES string of the molecule is CC1CC(F)(F)CCC1c1nccc(-c2cc(F)ccc2F)c1NC(=O)c1cnc(C(C)(C)O)c(F)c1. The normalized spacial score (nSPS) is 19.5. The van der Waals surface area contributed by atoms with Crippen LogP contribution in [0.25, 0.3) is 11.1 Å². The van der Waals surface area contributed by atoms with Gasteiger partial charge in [-0.05, 0) is 56.5 Å². The number of benzene rings is 1. The van der Waals surface area contributed by atoms with Crippen molar-refractivity contribution < 1.29 is 31.9 Å². The molecule has 0 aliphatic heterocycles. The molecule has 37 heavy (non-hydrogen) atoms. The number of hydrogen-bond donors (Lipinski definition) is 2. The molecule has 0 radical (unpaired) electrons. The summed E-state index contributed by atoms with van der Waals surface area (Å²) < 4.78 is 71.5. The minimum atomic E-state index is -2.84. The van der Waals surface area contributed by atoms with Gasteiger partial charge in [0.05, 0.1) is 16.9 Å². The van der Waals surface area contributed by atoms with Gasteiger partial charge >= 0.3 is 0 Å². The molecule has 0 saturated heterocycles. The molecule has 5 nitrogen and oxygen atoms in total. The molecule has 4 rings (SSSR count). The standard InChI is InChI=1S/C27H26F5N3O2/c1-14-12-27(31,32)8-6-17(14)22-23(18(7-9-33-22)19-11-16(28)4-5-20(19)29)35-25(36)15-10-21(30)24(34-13-15)26(2,3)37/h4-5,7,9-11,13-14,17,37H,6,8,12H2,1-3H3,(H,35,36). The van der Waals surface area contributed by atoms with Crippen molar-refractivity contribution in [2.24, 2.45) is 5.92 Å². The highest BCUT2D eigenvalue weighted by Crippen LogP contribution is 2.47. The Kier molecular flexibility index (Phi) is 7.07. The lowest BCUT2D eigenvalue weighted by molar-refractivity contribution is -0.0558. The maximum absolute atomic E-state index is 14.8. The lowest BCUT2D eigenvalue weighted by Gasteiger charge is -2.34. The van der Waals surface area contributed by atoms with E-state index in [1.165, 1.54) is 26.1 Å². The summed E-state index contributed by atoms with van der Waals surface area (Å²) >= 11 is 0. The Morgan fingerprint density at radius 1 is 1.08 bits per heavy atom. The second kappa shape index (κ2) is 9.81. The molecular formula is C27H26F5N3O2. The number of aromatic nitrogens is 2. The zero-order valence-electron chi connectivity index (χ0n) is 20.5. The van der Waals surface area contributed by atoms with Gasteiger partial charge in [0.15, 0.2) is 0 Å². The van der Waals surface area contributed by atoms with Gasteiger partial charge in [-0.25, -0.2) is 22.0 Å². The van der Waals surface area contributed by atoms with Gasteiger partial charge in [-0.2, -0.15) is 0 Å². The van der Waals surface area contributed by atoms with Crippen molar-refractivity contribution in [2.45, 2.75) is 57.5 Å². The molecule has 1 fully saturated rings. The Morgan fingerprint density at radius 3 is 2.46 bits per heavy atom. The molecule has 3 aromatic rings. The fourth-order valence-electron chi connectivity index (χ4n) is 4.79. The zero-order valence-corrected chi connectivity index (χ0v) is 20.5. The van der Waals surface area contributed by atoms with Crippen LogP contribution in [-0.2, 0) is 5.60 Å². The molecule has 1 saturated carbocycles. The highest BCUT2D eigenvalue weighted by atomic mass is 19.3. The highest BCUT2D eigenvalue weighted by Gasteiger charge is 2.41. The molecule has 0 bridgehead atoms. The van der Waals surface area contributed by atoms with Crippen molar-refractivity contribution in [1.82, 2.24) is 9.97 Å². The molecule has 0 spiro atoms. The molecule has 1 aliphatic carbocycles. The third-order valence-corrected chi connectivity index (χ3v) is 6.60. The molecule has 2 atom stereocenters. The van der Waals surface area contributed by atoms with Crippen LogP contribution in [0.5, 0.6) is 0 Å². The molecule has 2 N–H and O–H groups in total. The van der Waals surface area contributed by atoms with Crippen LogP contribution in [0.1, 0.15) is 67.7 Å². The van der Waals surface area contributed by atoms with Crippen LogP contribution in [0.15, 0.2) is 42.7 Å². The average molecular weight is 520 g/mol. The summed E-state index contributed by atoms with van der Waals surface area (Å²) in [6.45, 7) is 4.33. The summed E-state index contributed by atoms with van der Waals surface area (Å²) in [4.78, 5) is 21.4. The topological polar surface area (TPSA) is 75.1 Å². The molecule has 2 heterocycles. The van der Waals surface area contributed by atoms with Crippen LogP contribution >= 0.6 is 0 Å². The van der Waals surface area contributed by atoms with E-state index in [1.54, 1.807) is 6.92 Å². The third kappa shape index (κ3) is 5.64. The van der Waals surface area contributed by atoms with Gasteiger partial charge < -0.3 is 10.4 Å². The Morgan fingerprint density at radius 2 is 1.81 bits per heavy atom. The third-order valence-electron chi connectivity index (χ3n) is 6.60. The summed E-state index contributed by atoms with van der Waals surface area (Å²) in [5.41, 5.74) is -1.84. The predicted molar refractivity (Wildman–Crippen MR) is 128 cm³/mol. The molecule has 1 aliphatic rings. The Hall–Kier alpha value is -3.40. The zero-order chi connectivity index (χ0) is 27.1. The first kappa shape index (κ1) is 26.7. The van der Waals surface area contributed by atoms with Gasteiger partial charge in [0.2, 0.25) is 5.92 Å². The quantitative estimate of drug-likeness (QED) is 0.374. The summed E-state index contributed by atoms with van der Waals surface area (Å²) in [5.74, 6) is -7.08. The van der Waals surface area contributed by atoms with E-state index in [0.29, 0.717) is 0 Å². The van der Waals surface area contributed by atoms with E-state index in [2.05, 4.69) is 15.3 Å². The van der Waals surface area contributed by atoms with Crippen LogP contribution < -0.4 is 5.32 Å². The number of carbonyl (C=O) groups excluding carboxylic acids is 1. The van der Waals surface area contributed by atoms with Crippen molar-refractivity contribution in [3.63, 3.8) is 0 Å². The predicted octanol–water partition coefficient (Wildman–Crippen LogP) is 6.58. The average Bonchev–Trinajstić information content (AvgIpc) is 2.79. The van der Waals surface area contributed by atoms with E-state index in [0.717, 1.165) is 30.5 Å². The van der Waals surface area contributed by atoms with Crippen LogP contribution in [0.2, 0.25) is 0 Å². The van der Waals surface area contributed by atoms with E-state index in [4.69, 9.17) is 0 Å². The lowest BCUT2D eigenvalue weighted by Crippen LogP contribution is -2.31. The van der Waals surface area contributed by atoms with Gasteiger partial charge in [-0.15, -0.1) is 0 Å². The second-order valence-electron chi connectivity index (χ2n) is 9.99. The number of rotatable bonds is 5. The van der Waals surface area contributed by atoms with Crippen LogP contribution in [0.3, 0.4) is 0 Å². The van der Waals surface area contributed by atoms with Crippen LogP contribution in [-0.4, -0.2) is 26.9 Å². The van der Waals surface area contributed by atoms with Crippen molar-refractivity contribution in [3.05, 3.63) is 77.1 Å². The number of aliphatic hydroxyl groups is 1. The van der Waals surface area contributed by atoms with Gasteiger partial charge in [-0.3, -0.25) is 14.8 Å². The van der Waals surface area contributed by atoms with E-state index in [9.17, 15) is 31.9 Å². The minimum Gasteiger partial charge on any atom is -0.384 e. The number of hydrogen-bond acceptors (Lipinski definition) is 4. The number of halogens is 5. The van der Waals surface area contributed by atoms with E-state index in [-0.39, 0.29) is 46.6 Å². The number of nitrogens with one attached hydrogen (secondary N) is 1. The maximum Gasteiger partial charge on any atom is 0.257 e. The first-order chi connectivity index (χ1) is 17.3. The van der Waals surface area contributed by atoms with Gasteiger partial charge in [0, 0.05) is 42.3 Å². The number of amides is 1. The summed E-state index contributed by atoms with van der Waals surface area (Å²) in [7, 11) is 0. The highest BCUT2D eigenvalue weighted by molar-refractivity contribution is 6.06. The first-order valence-electron chi connectivity index (χ1n) is 11.8. The van der Waals surface area contributed by atoms with Crippen LogP contribution in [0, 0.1) is 23.4 Å². The molecule has 1 aromatic carbocycles. The molecule has 2 unspecified atom stereocenters. The van der Waals surface area contributed by atoms with Crippen molar-refractivity contribution in [2.75, 3.05) is 5.32 Å². The second-order valence-corrected chi connectivity index (χ2v) is 9.99. The van der Waals surface area contributed by atoms with Gasteiger partial charge in [0.1, 0.15) is 28.7 Å². The van der Waals surface area contributed by atoms with Crippen molar-refractivity contribution in [3.8, 4) is 11.1 Å². The monoisotopic (exact) mass is 519 g/mol. The molecule has 196 valence electrons. The van der Waals surface area contributed by atoms with Crippen molar-refractivity contribution >= 4 is 11.6 Å². The smallest absolute Gasteiger partial charge is 0.257 e. The number of nitrogens with zero attached hydrogens (tertiary/aromatic N) is 2. The number of pyridine rings is 2. The number of carbonyl (C=O) groups is 1. The fourth-order valence-corrected chi connectivity index (χ4v) is 4.79. The minimum absolute atomic E-state index is 0.0195. The summed E-state index contributed by atoms with van der Waals surface area (Å²) in [5, 5.41) is 12.7. The lowest BCUT2D eigenvalue weighted by atomic mass is 9.75. The Labute approximate surface area is 210 Å². The largest absolute Gasteiger partial charge is 0.384 e. The van der Waals surface area contributed by atoms with Gasteiger partial charge in [-0.1, -0.05) is 6.92 Å². The molecular weight excluding hydrogens is 493 g/mol. The number of anilines is 1. The number of alkyl halides is 2. The summed E-state index contributed by atoms with van der Waals surface area (Å²) in [6.07, 6.45) is 1.72. The Bertz CT molecular complexity index is 1340. The summed E-state index contributed by atoms with van der Waals surface area (Å²) in [6, 6.07) is 5.13. The molecule has 10 heteroatoms. The maximum atomic E-state index is 14.8. The van der Waals surface area contributed by atoms with Crippen molar-refractivity contribution in [1.29, 1.82) is 0 Å². The Balaban J connectivity index is 1.81.